The lowest BCUT2D eigenvalue weighted by atomic mass is 10.1. The zero-order valence-electron chi connectivity index (χ0n) is 11.0. The van der Waals surface area contributed by atoms with Gasteiger partial charge in [-0.15, -0.1) is 8.80 Å². The van der Waals surface area contributed by atoms with Crippen LogP contribution in [0.5, 0.6) is 0 Å². The van der Waals surface area contributed by atoms with Crippen LogP contribution in [0.1, 0.15) is 11.1 Å². The summed E-state index contributed by atoms with van der Waals surface area (Å²) in [6, 6.07) is 21.1. The first-order valence-electron chi connectivity index (χ1n) is 5.92. The largest absolute Gasteiger partial charge is 0.248 e. The molecule has 2 rings (SSSR count). The summed E-state index contributed by atoms with van der Waals surface area (Å²) >= 11 is 0. The molecule has 0 N–H and O–H groups in total. The Morgan fingerprint density at radius 3 is 1.43 bits per heavy atom. The number of isocyanates is 2. The average molecular weight is 316 g/mol. The number of nitrogens with zero attached hydrogens (tertiary/aromatic N) is 2. The minimum absolute atomic E-state index is 0.767. The van der Waals surface area contributed by atoms with Gasteiger partial charge in [-0.2, -0.15) is 0 Å². The van der Waals surface area contributed by atoms with Crippen LogP contribution in [0.3, 0.4) is 0 Å². The molecule has 6 heteroatoms. The molecule has 0 aromatic heterocycles. The Kier molecular flexibility index (Phi) is 9.45. The first kappa shape index (κ1) is 17.0. The van der Waals surface area contributed by atoms with Gasteiger partial charge < -0.3 is 0 Å². The van der Waals surface area contributed by atoms with Crippen molar-refractivity contribution in [1.82, 2.24) is 0 Å². The topological polar surface area (TPSA) is 58.9 Å². The molecule has 0 aliphatic carbocycles. The Morgan fingerprint density at radius 1 is 0.714 bits per heavy atom. The first-order chi connectivity index (χ1) is 10.4. The number of carbonyl (C=O) groups excluding carboxylic acids is 2. The van der Waals surface area contributed by atoms with Gasteiger partial charge in [0.1, 0.15) is 0 Å². The number of hydrogen-bond donors (Lipinski definition) is 0. The van der Waals surface area contributed by atoms with Crippen LogP contribution in [0, 0.1) is 0 Å². The maximum absolute atomic E-state index is 9.30. The SMILES string of the molecule is O=C=NSSN=C=O.c1ccc(Cc2ccccc2)cc1. The fourth-order valence-electron chi connectivity index (χ4n) is 1.49. The molecular weight excluding hydrogens is 304 g/mol. The summed E-state index contributed by atoms with van der Waals surface area (Å²) in [5, 5.41) is 0. The minimum atomic E-state index is 0.767. The highest BCUT2D eigenvalue weighted by Crippen LogP contribution is 2.21. The van der Waals surface area contributed by atoms with Gasteiger partial charge in [0.15, 0.2) is 0 Å². The molecule has 0 saturated carbocycles. The van der Waals surface area contributed by atoms with Crippen LogP contribution in [0.2, 0.25) is 0 Å². The van der Waals surface area contributed by atoms with Gasteiger partial charge in [0.05, 0.1) is 22.0 Å². The van der Waals surface area contributed by atoms with Crippen molar-refractivity contribution >= 4 is 34.1 Å². The summed E-state index contributed by atoms with van der Waals surface area (Å²) in [5.41, 5.74) is 2.74. The van der Waals surface area contributed by atoms with Crippen LogP contribution >= 0.6 is 22.0 Å². The molecular formula is C15H12N2O2S2. The highest BCUT2D eigenvalue weighted by Gasteiger charge is 1.92. The van der Waals surface area contributed by atoms with E-state index in [-0.39, 0.29) is 0 Å². The second kappa shape index (κ2) is 11.7. The van der Waals surface area contributed by atoms with E-state index in [1.165, 1.54) is 23.3 Å². The van der Waals surface area contributed by atoms with Crippen molar-refractivity contribution in [2.45, 2.75) is 6.42 Å². The molecule has 0 spiro atoms. The molecule has 0 radical (unpaired) electrons. The molecule has 0 unspecified atom stereocenters. The van der Waals surface area contributed by atoms with E-state index < -0.39 is 0 Å². The highest BCUT2D eigenvalue weighted by molar-refractivity contribution is 8.75. The van der Waals surface area contributed by atoms with E-state index >= 15 is 0 Å². The van der Waals surface area contributed by atoms with Crippen molar-refractivity contribution < 1.29 is 9.59 Å². The maximum atomic E-state index is 9.30. The fourth-order valence-corrected chi connectivity index (χ4v) is 2.00. The molecule has 0 heterocycles. The summed E-state index contributed by atoms with van der Waals surface area (Å²) in [4.78, 5) is 18.6. The van der Waals surface area contributed by atoms with E-state index in [9.17, 15) is 9.59 Å². The van der Waals surface area contributed by atoms with E-state index in [4.69, 9.17) is 0 Å². The second-order valence-corrected chi connectivity index (χ2v) is 5.22. The molecule has 0 aliphatic rings. The normalized spacial score (nSPS) is 8.57. The summed E-state index contributed by atoms with van der Waals surface area (Å²) in [7, 11) is 1.53. The summed E-state index contributed by atoms with van der Waals surface area (Å²) in [5.74, 6) is 0. The van der Waals surface area contributed by atoms with Crippen LogP contribution in [-0.2, 0) is 16.0 Å². The monoisotopic (exact) mass is 316 g/mol. The third-order valence-corrected chi connectivity index (χ3v) is 3.29. The maximum Gasteiger partial charge on any atom is 0.248 e. The lowest BCUT2D eigenvalue weighted by Gasteiger charge is -2.00. The van der Waals surface area contributed by atoms with Gasteiger partial charge >= 0.3 is 0 Å². The van der Waals surface area contributed by atoms with Crippen LogP contribution in [0.25, 0.3) is 0 Å². The van der Waals surface area contributed by atoms with Gasteiger partial charge in [-0.3, -0.25) is 0 Å². The Hall–Kier alpha value is -2.10. The van der Waals surface area contributed by atoms with Crippen LogP contribution in [-0.4, -0.2) is 12.2 Å². The standard InChI is InChI=1S/C13H12.C2N2O2S2/c1-3-7-12(8-4-1)11-13-9-5-2-6-10-13;5-1-3-7-8-4-2-6/h1-10H,11H2;. The number of hydrogen-bond acceptors (Lipinski definition) is 6. The molecule has 2 aromatic carbocycles. The predicted octanol–water partition coefficient (Wildman–Crippen LogP) is 4.15. The fraction of sp³-hybridized carbons (Fsp3) is 0.0667. The van der Waals surface area contributed by atoms with E-state index in [1.807, 2.05) is 0 Å². The van der Waals surface area contributed by atoms with Crippen molar-refractivity contribution in [3.05, 3.63) is 71.8 Å². The van der Waals surface area contributed by atoms with Gasteiger partial charge in [-0.1, -0.05) is 60.7 Å². The Morgan fingerprint density at radius 2 is 1.10 bits per heavy atom. The van der Waals surface area contributed by atoms with Crippen molar-refractivity contribution in [2.24, 2.45) is 8.80 Å². The lowest BCUT2D eigenvalue weighted by Crippen LogP contribution is -1.85. The molecule has 0 atom stereocenters. The molecule has 0 bridgehead atoms. The molecule has 4 nitrogen and oxygen atoms in total. The molecule has 106 valence electrons. The van der Waals surface area contributed by atoms with E-state index in [1.54, 1.807) is 0 Å². The van der Waals surface area contributed by atoms with Crippen molar-refractivity contribution in [1.29, 1.82) is 0 Å². The number of benzene rings is 2. The smallest absolute Gasteiger partial charge is 0.210 e. The minimum Gasteiger partial charge on any atom is -0.210 e. The van der Waals surface area contributed by atoms with Gasteiger partial charge in [0.2, 0.25) is 12.2 Å². The lowest BCUT2D eigenvalue weighted by molar-refractivity contribution is 0.565. The molecule has 0 fully saturated rings. The third-order valence-electron chi connectivity index (χ3n) is 2.28. The van der Waals surface area contributed by atoms with Crippen molar-refractivity contribution in [3.8, 4) is 0 Å². The first-order valence-corrected chi connectivity index (χ1v) is 7.98. The zero-order valence-corrected chi connectivity index (χ0v) is 12.6. The van der Waals surface area contributed by atoms with Gasteiger partial charge in [-0.05, 0) is 17.5 Å². The Labute approximate surface area is 131 Å². The van der Waals surface area contributed by atoms with Crippen LogP contribution in [0.4, 0.5) is 0 Å². The van der Waals surface area contributed by atoms with Gasteiger partial charge in [0, 0.05) is 0 Å². The predicted molar refractivity (Wildman–Crippen MR) is 87.1 cm³/mol. The number of rotatable bonds is 5. The van der Waals surface area contributed by atoms with Crippen molar-refractivity contribution in [2.75, 3.05) is 0 Å². The third kappa shape index (κ3) is 8.63. The Balaban J connectivity index is 0.000000240. The van der Waals surface area contributed by atoms with E-state index in [2.05, 4.69) is 69.5 Å². The molecule has 0 aliphatic heterocycles. The zero-order chi connectivity index (χ0) is 15.2. The quantitative estimate of drug-likeness (QED) is 0.273. The van der Waals surface area contributed by atoms with E-state index in [0.29, 0.717) is 0 Å². The molecule has 21 heavy (non-hydrogen) atoms. The summed E-state index contributed by atoms with van der Waals surface area (Å²) < 4.78 is 6.02. The summed E-state index contributed by atoms with van der Waals surface area (Å²) in [6.45, 7) is 0. The average Bonchev–Trinajstić information content (AvgIpc) is 2.54. The van der Waals surface area contributed by atoms with E-state index in [0.717, 1.165) is 28.4 Å². The van der Waals surface area contributed by atoms with Crippen molar-refractivity contribution in [3.63, 3.8) is 0 Å². The summed E-state index contributed by atoms with van der Waals surface area (Å²) in [6.07, 6.45) is 3.54. The van der Waals surface area contributed by atoms with Crippen LogP contribution < -0.4 is 0 Å². The van der Waals surface area contributed by atoms with Crippen LogP contribution in [0.15, 0.2) is 69.5 Å². The highest BCUT2D eigenvalue weighted by atomic mass is 33.1. The van der Waals surface area contributed by atoms with Gasteiger partial charge in [-0.25, -0.2) is 9.59 Å². The molecule has 0 amide bonds. The van der Waals surface area contributed by atoms with Gasteiger partial charge in [0.25, 0.3) is 0 Å². The Bertz CT molecular complexity index is 553. The second-order valence-electron chi connectivity index (χ2n) is 3.66. The molecule has 2 aromatic rings. The molecule has 0 saturated heterocycles.